The van der Waals surface area contributed by atoms with Gasteiger partial charge in [-0.15, -0.1) is 0 Å². The van der Waals surface area contributed by atoms with Crippen molar-refractivity contribution in [3.05, 3.63) is 59.8 Å². The summed E-state index contributed by atoms with van der Waals surface area (Å²) in [6.07, 6.45) is 13.6. The molecule has 35 heavy (non-hydrogen) atoms. The Kier molecular flexibility index (Phi) is 6.47. The predicted molar refractivity (Wildman–Crippen MR) is 142 cm³/mol. The number of hydrogen-bond acceptors (Lipinski definition) is 5. The van der Waals surface area contributed by atoms with Crippen LogP contribution in [0.2, 0.25) is 0 Å². The highest BCUT2D eigenvalue weighted by Crippen LogP contribution is 2.35. The summed E-state index contributed by atoms with van der Waals surface area (Å²) >= 11 is 0. The molecule has 6 rings (SSSR count). The highest BCUT2D eigenvalue weighted by atomic mass is 16.2. The van der Waals surface area contributed by atoms with Crippen LogP contribution in [0.5, 0.6) is 0 Å². The van der Waals surface area contributed by atoms with E-state index in [1.54, 1.807) is 6.08 Å². The number of nitrogens with zero attached hydrogens (tertiary/aromatic N) is 5. The molecule has 1 saturated carbocycles. The Morgan fingerprint density at radius 1 is 0.914 bits per heavy atom. The van der Waals surface area contributed by atoms with Gasteiger partial charge in [-0.3, -0.25) is 9.69 Å². The molecule has 6 nitrogen and oxygen atoms in total. The zero-order chi connectivity index (χ0) is 23.6. The molecule has 1 aromatic carbocycles. The van der Waals surface area contributed by atoms with Gasteiger partial charge in [-0.05, 0) is 60.7 Å². The van der Waals surface area contributed by atoms with Crippen LogP contribution >= 0.6 is 0 Å². The number of fused-ring (bicyclic) bond motifs is 1. The summed E-state index contributed by atoms with van der Waals surface area (Å²) in [6.45, 7) is 6.89. The minimum atomic E-state index is 0.137. The molecular weight excluding hydrogens is 434 g/mol. The second-order valence-electron chi connectivity index (χ2n) is 10.6. The lowest BCUT2D eigenvalue weighted by Gasteiger charge is -2.48. The van der Waals surface area contributed by atoms with E-state index >= 15 is 0 Å². The Bertz CT molecular complexity index is 1050. The number of amides is 1. The van der Waals surface area contributed by atoms with E-state index in [0.29, 0.717) is 6.04 Å². The van der Waals surface area contributed by atoms with Crippen molar-refractivity contribution in [2.75, 3.05) is 55.6 Å². The molecule has 4 heterocycles. The monoisotopic (exact) mass is 471 g/mol. The molecule has 4 aliphatic rings. The number of hydrogen-bond donors (Lipinski definition) is 0. The van der Waals surface area contributed by atoms with E-state index in [1.165, 1.54) is 43.4 Å². The lowest BCUT2D eigenvalue weighted by atomic mass is 9.94. The number of pyridine rings is 1. The molecule has 0 spiro atoms. The van der Waals surface area contributed by atoms with Gasteiger partial charge in [0.15, 0.2) is 0 Å². The Morgan fingerprint density at radius 3 is 2.51 bits per heavy atom. The number of carbonyl (C=O) groups is 1. The van der Waals surface area contributed by atoms with Crippen LogP contribution < -0.4 is 9.80 Å². The van der Waals surface area contributed by atoms with Crippen molar-refractivity contribution >= 4 is 23.5 Å². The van der Waals surface area contributed by atoms with Crippen LogP contribution in [-0.2, 0) is 11.2 Å². The molecule has 0 atom stereocenters. The van der Waals surface area contributed by atoms with Gasteiger partial charge in [-0.2, -0.15) is 0 Å². The molecule has 1 amide bonds. The molecular formula is C29H37N5O. The van der Waals surface area contributed by atoms with E-state index in [2.05, 4.69) is 43.9 Å². The molecule has 3 aliphatic heterocycles. The van der Waals surface area contributed by atoms with Gasteiger partial charge in [0.05, 0.1) is 0 Å². The molecule has 1 aromatic heterocycles. The summed E-state index contributed by atoms with van der Waals surface area (Å²) < 4.78 is 0. The number of rotatable bonds is 5. The molecule has 184 valence electrons. The summed E-state index contributed by atoms with van der Waals surface area (Å²) in [7, 11) is 0. The molecule has 2 aromatic rings. The average Bonchev–Trinajstić information content (AvgIpc) is 3.31. The van der Waals surface area contributed by atoms with Crippen LogP contribution in [0.25, 0.3) is 6.08 Å². The first-order valence-corrected chi connectivity index (χ1v) is 13.5. The van der Waals surface area contributed by atoms with Gasteiger partial charge >= 0.3 is 0 Å². The number of benzene rings is 1. The van der Waals surface area contributed by atoms with Crippen molar-refractivity contribution in [2.45, 2.75) is 50.6 Å². The topological polar surface area (TPSA) is 42.9 Å². The van der Waals surface area contributed by atoms with Crippen LogP contribution in [-0.4, -0.2) is 78.6 Å². The van der Waals surface area contributed by atoms with E-state index in [0.717, 1.165) is 69.7 Å². The number of carbonyl (C=O) groups excluding carboxylic acids is 1. The molecule has 0 radical (unpaired) electrons. The first-order chi connectivity index (χ1) is 17.2. The Labute approximate surface area is 209 Å². The quantitative estimate of drug-likeness (QED) is 0.621. The molecule has 0 bridgehead atoms. The maximum absolute atomic E-state index is 12.8. The molecule has 1 aliphatic carbocycles. The zero-order valence-corrected chi connectivity index (χ0v) is 20.7. The standard InChI is InChI=1S/C29H37N5O/c35-29(33-21-26(22-33)31-16-18-32(19-17-31)28-8-4-5-14-30-28)12-10-23-9-11-27-24(20-23)13-15-34(27)25-6-2-1-3-7-25/h4-5,8-12,14,20,25-26H,1-3,6-7,13,15-19,21-22H2/b12-10+. The van der Waals surface area contributed by atoms with Gasteiger partial charge in [-0.1, -0.05) is 31.4 Å². The normalized spacial score (nSPS) is 22.0. The van der Waals surface area contributed by atoms with Gasteiger partial charge < -0.3 is 14.7 Å². The van der Waals surface area contributed by atoms with Gasteiger partial charge in [0, 0.05) is 75.9 Å². The second kappa shape index (κ2) is 10.0. The summed E-state index contributed by atoms with van der Waals surface area (Å²) in [5.74, 6) is 1.20. The van der Waals surface area contributed by atoms with Gasteiger partial charge in [-0.25, -0.2) is 4.98 Å². The van der Waals surface area contributed by atoms with Crippen LogP contribution in [0.15, 0.2) is 48.7 Å². The predicted octanol–water partition coefficient (Wildman–Crippen LogP) is 3.82. The highest BCUT2D eigenvalue weighted by Gasteiger charge is 2.35. The first kappa shape index (κ1) is 22.6. The molecule has 2 saturated heterocycles. The van der Waals surface area contributed by atoms with Crippen LogP contribution in [0.1, 0.15) is 43.2 Å². The summed E-state index contributed by atoms with van der Waals surface area (Å²) in [5, 5.41) is 0. The lowest BCUT2D eigenvalue weighted by molar-refractivity contribution is -0.133. The van der Waals surface area contributed by atoms with Gasteiger partial charge in [0.25, 0.3) is 0 Å². The third-order valence-electron chi connectivity index (χ3n) is 8.45. The van der Waals surface area contributed by atoms with Crippen molar-refractivity contribution in [3.63, 3.8) is 0 Å². The van der Waals surface area contributed by atoms with Gasteiger partial charge in [0.2, 0.25) is 5.91 Å². The third-order valence-corrected chi connectivity index (χ3v) is 8.45. The van der Waals surface area contributed by atoms with Crippen LogP contribution in [0.4, 0.5) is 11.5 Å². The summed E-state index contributed by atoms with van der Waals surface area (Å²) in [6, 6.07) is 14.1. The third kappa shape index (κ3) is 4.81. The fourth-order valence-electron chi connectivity index (χ4n) is 6.32. The number of aromatic nitrogens is 1. The van der Waals surface area contributed by atoms with E-state index in [9.17, 15) is 4.79 Å². The molecule has 0 N–H and O–H groups in total. The van der Waals surface area contributed by atoms with Crippen molar-refractivity contribution in [1.29, 1.82) is 0 Å². The van der Waals surface area contributed by atoms with Gasteiger partial charge in [0.1, 0.15) is 5.82 Å². The minimum Gasteiger partial charge on any atom is -0.368 e. The average molecular weight is 472 g/mol. The van der Waals surface area contributed by atoms with E-state index < -0.39 is 0 Å². The SMILES string of the molecule is O=C(/C=C/c1ccc2c(c1)CCN2C1CCCCC1)N1CC(N2CCN(c3ccccn3)CC2)C1. The minimum absolute atomic E-state index is 0.137. The Morgan fingerprint density at radius 2 is 1.74 bits per heavy atom. The van der Waals surface area contributed by atoms with Crippen molar-refractivity contribution in [3.8, 4) is 0 Å². The zero-order valence-electron chi connectivity index (χ0n) is 20.7. The Hall–Kier alpha value is -2.86. The van der Waals surface area contributed by atoms with Crippen molar-refractivity contribution in [1.82, 2.24) is 14.8 Å². The number of likely N-dealkylation sites (tertiary alicyclic amines) is 1. The Balaban J connectivity index is 0.983. The van der Waals surface area contributed by atoms with Crippen molar-refractivity contribution in [2.24, 2.45) is 0 Å². The maximum Gasteiger partial charge on any atom is 0.246 e. The van der Waals surface area contributed by atoms with Crippen LogP contribution in [0, 0.1) is 0 Å². The number of piperazine rings is 1. The fraction of sp³-hybridized carbons (Fsp3) is 0.517. The van der Waals surface area contributed by atoms with E-state index in [1.807, 2.05) is 29.3 Å². The maximum atomic E-state index is 12.8. The highest BCUT2D eigenvalue weighted by molar-refractivity contribution is 5.92. The van der Waals surface area contributed by atoms with E-state index in [-0.39, 0.29) is 5.91 Å². The first-order valence-electron chi connectivity index (χ1n) is 13.5. The largest absolute Gasteiger partial charge is 0.368 e. The lowest BCUT2D eigenvalue weighted by Crippen LogP contribution is -2.64. The van der Waals surface area contributed by atoms with Crippen molar-refractivity contribution < 1.29 is 4.79 Å². The summed E-state index contributed by atoms with van der Waals surface area (Å²) in [5.41, 5.74) is 4.01. The number of anilines is 2. The molecule has 6 heteroatoms. The second-order valence-corrected chi connectivity index (χ2v) is 10.6. The summed E-state index contributed by atoms with van der Waals surface area (Å²) in [4.78, 5) is 26.7. The van der Waals surface area contributed by atoms with E-state index in [4.69, 9.17) is 0 Å². The smallest absolute Gasteiger partial charge is 0.246 e. The fourth-order valence-corrected chi connectivity index (χ4v) is 6.32. The molecule has 0 unspecified atom stereocenters. The van der Waals surface area contributed by atoms with Crippen LogP contribution in [0.3, 0.4) is 0 Å². The molecule has 3 fully saturated rings.